The largest absolute Gasteiger partial charge is 0.478 e. The quantitative estimate of drug-likeness (QED) is 0.716. The Morgan fingerprint density at radius 3 is 2.43 bits per heavy atom. The lowest BCUT2D eigenvalue weighted by molar-refractivity contribution is 0.0697. The Bertz CT molecular complexity index is 772. The molecule has 3 rings (SSSR count). The summed E-state index contributed by atoms with van der Waals surface area (Å²) in [6, 6.07) is 14.5. The summed E-state index contributed by atoms with van der Waals surface area (Å²) in [6.45, 7) is 1.87. The summed E-state index contributed by atoms with van der Waals surface area (Å²) in [6.07, 6.45) is 1.56. The van der Waals surface area contributed by atoms with E-state index in [-0.39, 0.29) is 0 Å². The zero-order valence-corrected chi connectivity index (χ0v) is 11.5. The Morgan fingerprint density at radius 2 is 1.81 bits per heavy atom. The number of rotatable bonds is 1. The van der Waals surface area contributed by atoms with Crippen LogP contribution in [-0.4, -0.2) is 21.0 Å². The number of hydrogen-bond donors (Lipinski definition) is 2. The van der Waals surface area contributed by atoms with Crippen LogP contribution < -0.4 is 5.73 Å². The molecule has 0 amide bonds. The fraction of sp³-hybridized carbons (Fsp3) is 0.0625. The molecular formula is C16H15N3O2. The monoisotopic (exact) mass is 281 g/mol. The van der Waals surface area contributed by atoms with E-state index in [4.69, 9.17) is 10.8 Å². The summed E-state index contributed by atoms with van der Waals surface area (Å²) >= 11 is 0. The molecule has 0 unspecified atom stereocenters. The molecule has 2 aromatic carbocycles. The van der Waals surface area contributed by atoms with Crippen LogP contribution in [0.4, 0.5) is 5.82 Å². The first kappa shape index (κ1) is 14.5. The van der Waals surface area contributed by atoms with E-state index in [0.29, 0.717) is 11.4 Å². The number of carboxylic acid groups (broad SMARTS) is 1. The van der Waals surface area contributed by atoms with Gasteiger partial charge in [-0.1, -0.05) is 29.8 Å². The smallest absolute Gasteiger partial charge is 0.335 e. The van der Waals surface area contributed by atoms with Crippen LogP contribution >= 0.6 is 0 Å². The molecule has 1 aromatic heterocycles. The minimum absolute atomic E-state index is 0.347. The van der Waals surface area contributed by atoms with E-state index >= 15 is 0 Å². The first-order chi connectivity index (χ1) is 10.1. The number of fused-ring (bicyclic) bond motifs is 1. The maximum atomic E-state index is 10.4. The number of nitrogen functional groups attached to an aromatic ring is 1. The molecule has 3 aromatic rings. The van der Waals surface area contributed by atoms with E-state index < -0.39 is 5.97 Å². The maximum Gasteiger partial charge on any atom is 0.335 e. The summed E-state index contributed by atoms with van der Waals surface area (Å²) in [5, 5.41) is 8.51. The van der Waals surface area contributed by atoms with Crippen molar-refractivity contribution in [1.82, 2.24) is 9.97 Å². The highest BCUT2D eigenvalue weighted by Gasteiger charge is 1.99. The van der Waals surface area contributed by atoms with Crippen molar-refractivity contribution in [1.29, 1.82) is 0 Å². The molecular weight excluding hydrogens is 266 g/mol. The van der Waals surface area contributed by atoms with Crippen molar-refractivity contribution >= 4 is 22.8 Å². The second-order valence-electron chi connectivity index (χ2n) is 4.46. The van der Waals surface area contributed by atoms with Crippen LogP contribution in [0.25, 0.3) is 11.0 Å². The second kappa shape index (κ2) is 6.47. The minimum Gasteiger partial charge on any atom is -0.478 e. The number of carbonyl (C=O) groups is 1. The molecule has 5 heteroatoms. The predicted molar refractivity (Wildman–Crippen MR) is 82.1 cm³/mol. The summed E-state index contributed by atoms with van der Waals surface area (Å²) in [4.78, 5) is 18.5. The molecule has 0 saturated carbocycles. The van der Waals surface area contributed by atoms with E-state index in [1.54, 1.807) is 24.4 Å². The molecule has 0 aliphatic rings. The molecule has 0 aliphatic heterocycles. The summed E-state index contributed by atoms with van der Waals surface area (Å²) in [5.74, 6) is -0.410. The van der Waals surface area contributed by atoms with Crippen LogP contribution in [0.3, 0.4) is 0 Å². The van der Waals surface area contributed by atoms with E-state index in [1.807, 2.05) is 37.3 Å². The average Bonchev–Trinajstić information content (AvgIpc) is 2.48. The van der Waals surface area contributed by atoms with Gasteiger partial charge in [0, 0.05) is 0 Å². The lowest BCUT2D eigenvalue weighted by Crippen LogP contribution is -1.95. The van der Waals surface area contributed by atoms with Crippen LogP contribution in [0.2, 0.25) is 0 Å². The fourth-order valence-electron chi connectivity index (χ4n) is 1.75. The Hall–Kier alpha value is -2.95. The van der Waals surface area contributed by atoms with Gasteiger partial charge in [0.2, 0.25) is 0 Å². The topological polar surface area (TPSA) is 89.1 Å². The highest BCUT2D eigenvalue weighted by atomic mass is 16.4. The van der Waals surface area contributed by atoms with E-state index in [1.165, 1.54) is 0 Å². The maximum absolute atomic E-state index is 10.4. The van der Waals surface area contributed by atoms with Gasteiger partial charge in [-0.05, 0) is 31.2 Å². The number of nitrogens with two attached hydrogens (primary N) is 1. The highest BCUT2D eigenvalue weighted by Crippen LogP contribution is 2.08. The number of anilines is 1. The standard InChI is InChI=1S/C8H7N3.C8H8O2/c9-8-5-10-6-3-1-2-4-7(6)11-8;1-6-3-2-4-7(5-6)8(9)10/h1-5H,(H2,9,11);2-5H,1H3,(H,9,10). The van der Waals surface area contributed by atoms with Gasteiger partial charge in [-0.25, -0.2) is 9.78 Å². The van der Waals surface area contributed by atoms with E-state index in [2.05, 4.69) is 9.97 Å². The zero-order chi connectivity index (χ0) is 15.2. The molecule has 0 bridgehead atoms. The van der Waals surface area contributed by atoms with Crippen LogP contribution in [0.1, 0.15) is 15.9 Å². The number of aromatic carboxylic acids is 1. The summed E-state index contributed by atoms with van der Waals surface area (Å²) < 4.78 is 0. The van der Waals surface area contributed by atoms with Gasteiger partial charge in [-0.15, -0.1) is 0 Å². The summed E-state index contributed by atoms with van der Waals surface area (Å²) in [5.41, 5.74) is 8.49. The van der Waals surface area contributed by atoms with Crippen LogP contribution in [0.15, 0.2) is 54.7 Å². The van der Waals surface area contributed by atoms with Gasteiger partial charge in [0.05, 0.1) is 22.8 Å². The van der Waals surface area contributed by atoms with Gasteiger partial charge >= 0.3 is 5.97 Å². The number of aryl methyl sites for hydroxylation is 1. The third-order valence-corrected chi connectivity index (χ3v) is 2.73. The van der Waals surface area contributed by atoms with Crippen molar-refractivity contribution in [2.24, 2.45) is 0 Å². The highest BCUT2D eigenvalue weighted by molar-refractivity contribution is 5.87. The Kier molecular flexibility index (Phi) is 4.46. The van der Waals surface area contributed by atoms with Crippen molar-refractivity contribution in [3.8, 4) is 0 Å². The molecule has 0 spiro atoms. The van der Waals surface area contributed by atoms with Crippen molar-refractivity contribution in [3.63, 3.8) is 0 Å². The van der Waals surface area contributed by atoms with Gasteiger partial charge in [0.25, 0.3) is 0 Å². The normalized spacial score (nSPS) is 9.76. The molecule has 21 heavy (non-hydrogen) atoms. The average molecular weight is 281 g/mol. The van der Waals surface area contributed by atoms with Crippen LogP contribution in [0.5, 0.6) is 0 Å². The Balaban J connectivity index is 0.000000155. The third kappa shape index (κ3) is 4.01. The predicted octanol–water partition coefficient (Wildman–Crippen LogP) is 2.91. The van der Waals surface area contributed by atoms with Crippen molar-refractivity contribution in [3.05, 3.63) is 65.9 Å². The molecule has 0 radical (unpaired) electrons. The molecule has 5 nitrogen and oxygen atoms in total. The van der Waals surface area contributed by atoms with Crippen molar-refractivity contribution < 1.29 is 9.90 Å². The lowest BCUT2D eigenvalue weighted by atomic mass is 10.1. The van der Waals surface area contributed by atoms with Gasteiger partial charge in [0.1, 0.15) is 5.82 Å². The molecule has 0 aliphatic carbocycles. The number of nitrogens with zero attached hydrogens (tertiary/aromatic N) is 2. The van der Waals surface area contributed by atoms with Crippen molar-refractivity contribution in [2.75, 3.05) is 5.73 Å². The SMILES string of the molecule is Cc1cccc(C(=O)O)c1.Nc1cnc2ccccc2n1. The first-order valence-corrected chi connectivity index (χ1v) is 6.33. The molecule has 0 fully saturated rings. The number of hydrogen-bond acceptors (Lipinski definition) is 4. The number of para-hydroxylation sites is 2. The first-order valence-electron chi connectivity index (χ1n) is 6.33. The number of benzene rings is 2. The van der Waals surface area contributed by atoms with E-state index in [0.717, 1.165) is 16.6 Å². The minimum atomic E-state index is -0.872. The van der Waals surface area contributed by atoms with Gasteiger partial charge in [0.15, 0.2) is 0 Å². The fourth-order valence-corrected chi connectivity index (χ4v) is 1.75. The zero-order valence-electron chi connectivity index (χ0n) is 11.5. The molecule has 0 saturated heterocycles. The summed E-state index contributed by atoms with van der Waals surface area (Å²) in [7, 11) is 0. The Morgan fingerprint density at radius 1 is 1.10 bits per heavy atom. The number of carboxylic acids is 1. The van der Waals surface area contributed by atoms with Crippen LogP contribution in [-0.2, 0) is 0 Å². The van der Waals surface area contributed by atoms with Crippen LogP contribution in [0, 0.1) is 6.92 Å². The van der Waals surface area contributed by atoms with E-state index in [9.17, 15) is 4.79 Å². The second-order valence-corrected chi connectivity index (χ2v) is 4.46. The van der Waals surface area contributed by atoms with Gasteiger partial charge < -0.3 is 10.8 Å². The Labute approximate surface area is 122 Å². The third-order valence-electron chi connectivity index (χ3n) is 2.73. The molecule has 3 N–H and O–H groups in total. The van der Waals surface area contributed by atoms with Gasteiger partial charge in [-0.2, -0.15) is 0 Å². The van der Waals surface area contributed by atoms with Crippen molar-refractivity contribution in [2.45, 2.75) is 6.92 Å². The van der Waals surface area contributed by atoms with Gasteiger partial charge in [-0.3, -0.25) is 4.98 Å². The lowest BCUT2D eigenvalue weighted by Gasteiger charge is -1.94. The molecule has 0 atom stereocenters. The number of aromatic nitrogens is 2. The molecule has 106 valence electrons. The molecule has 1 heterocycles.